The lowest BCUT2D eigenvalue weighted by atomic mass is 9.93. The monoisotopic (exact) mass is 252 g/mol. The van der Waals surface area contributed by atoms with Crippen molar-refractivity contribution in [2.24, 2.45) is 11.8 Å². The molecule has 1 N–H and O–H groups in total. The average molecular weight is 252 g/mol. The molecule has 0 aromatic carbocycles. The minimum atomic E-state index is 0.714. The molecule has 2 nitrogen and oxygen atoms in total. The van der Waals surface area contributed by atoms with E-state index in [9.17, 15) is 0 Å². The van der Waals surface area contributed by atoms with Crippen molar-refractivity contribution in [1.82, 2.24) is 10.2 Å². The maximum Gasteiger partial charge on any atom is 0.0104 e. The fourth-order valence-corrected chi connectivity index (χ4v) is 3.41. The number of nitrogens with zero attached hydrogens (tertiary/aromatic N) is 1. The summed E-state index contributed by atoms with van der Waals surface area (Å²) in [4.78, 5) is 2.75. The molecule has 0 heterocycles. The molecule has 0 bridgehead atoms. The summed E-state index contributed by atoms with van der Waals surface area (Å²) in [6.07, 6.45) is 10.1. The van der Waals surface area contributed by atoms with Crippen molar-refractivity contribution in [3.63, 3.8) is 0 Å². The summed E-state index contributed by atoms with van der Waals surface area (Å²) in [6, 6.07) is 1.47. The van der Waals surface area contributed by atoms with Crippen LogP contribution in [0.4, 0.5) is 0 Å². The lowest BCUT2D eigenvalue weighted by Gasteiger charge is -2.34. The molecule has 0 spiro atoms. The van der Waals surface area contributed by atoms with Crippen LogP contribution in [0.3, 0.4) is 0 Å². The molecular weight excluding hydrogens is 220 g/mol. The van der Waals surface area contributed by atoms with Gasteiger partial charge in [-0.3, -0.25) is 0 Å². The van der Waals surface area contributed by atoms with Crippen LogP contribution < -0.4 is 5.32 Å². The Labute approximate surface area is 114 Å². The van der Waals surface area contributed by atoms with E-state index in [0.29, 0.717) is 6.04 Å². The molecule has 0 aromatic rings. The Morgan fingerprint density at radius 1 is 1.00 bits per heavy atom. The van der Waals surface area contributed by atoms with E-state index in [1.165, 1.54) is 58.0 Å². The molecule has 0 aliphatic heterocycles. The molecule has 2 heteroatoms. The Morgan fingerprint density at radius 3 is 2.33 bits per heavy atom. The lowest BCUT2D eigenvalue weighted by molar-refractivity contribution is 0.156. The highest BCUT2D eigenvalue weighted by molar-refractivity contribution is 4.84. The van der Waals surface area contributed by atoms with Crippen LogP contribution in [0, 0.1) is 11.8 Å². The molecule has 2 fully saturated rings. The third-order valence-electron chi connectivity index (χ3n) is 4.92. The summed E-state index contributed by atoms with van der Waals surface area (Å²) < 4.78 is 0. The zero-order valence-electron chi connectivity index (χ0n) is 12.6. The van der Waals surface area contributed by atoms with Gasteiger partial charge in [-0.05, 0) is 58.4 Å². The molecule has 0 radical (unpaired) electrons. The Balaban J connectivity index is 1.89. The van der Waals surface area contributed by atoms with Gasteiger partial charge in [0.25, 0.3) is 0 Å². The number of hydrogen-bond acceptors (Lipinski definition) is 2. The van der Waals surface area contributed by atoms with Gasteiger partial charge in [0, 0.05) is 25.2 Å². The smallest absolute Gasteiger partial charge is 0.0104 e. The van der Waals surface area contributed by atoms with Crippen LogP contribution in [0.5, 0.6) is 0 Å². The molecule has 106 valence electrons. The van der Waals surface area contributed by atoms with E-state index in [1.54, 1.807) is 0 Å². The van der Waals surface area contributed by atoms with Gasteiger partial charge in [-0.25, -0.2) is 0 Å². The fraction of sp³-hybridized carbons (Fsp3) is 1.00. The van der Waals surface area contributed by atoms with E-state index in [2.05, 4.69) is 31.1 Å². The van der Waals surface area contributed by atoms with Gasteiger partial charge in [0.05, 0.1) is 0 Å². The number of rotatable bonds is 6. The first-order valence-corrected chi connectivity index (χ1v) is 8.12. The zero-order valence-corrected chi connectivity index (χ0v) is 12.6. The second-order valence-corrected chi connectivity index (χ2v) is 6.78. The van der Waals surface area contributed by atoms with Crippen molar-refractivity contribution in [2.75, 3.05) is 20.1 Å². The lowest BCUT2D eigenvalue weighted by Crippen LogP contribution is -2.43. The van der Waals surface area contributed by atoms with Gasteiger partial charge in [0.2, 0.25) is 0 Å². The highest BCUT2D eigenvalue weighted by Gasteiger charge is 2.29. The summed E-state index contributed by atoms with van der Waals surface area (Å²) in [5.74, 6) is 1.89. The van der Waals surface area contributed by atoms with Crippen LogP contribution in [0.1, 0.15) is 58.8 Å². The minimum absolute atomic E-state index is 0.714. The molecular formula is C16H32N2. The standard InChI is InChI=1S/C16H32N2/c1-13(2)18(11-14-9-10-14)12-15-7-5-4-6-8-16(15)17-3/h13-17H,4-12H2,1-3H3. The van der Waals surface area contributed by atoms with E-state index in [4.69, 9.17) is 0 Å². The van der Waals surface area contributed by atoms with E-state index in [0.717, 1.165) is 17.9 Å². The summed E-state index contributed by atoms with van der Waals surface area (Å²) in [5.41, 5.74) is 0. The third-order valence-corrected chi connectivity index (χ3v) is 4.92. The first-order chi connectivity index (χ1) is 8.70. The molecule has 0 aromatic heterocycles. The van der Waals surface area contributed by atoms with Gasteiger partial charge in [-0.2, -0.15) is 0 Å². The van der Waals surface area contributed by atoms with Gasteiger partial charge < -0.3 is 10.2 Å². The van der Waals surface area contributed by atoms with Crippen LogP contribution in [-0.2, 0) is 0 Å². The average Bonchev–Trinajstić information content (AvgIpc) is 3.15. The molecule has 2 atom stereocenters. The molecule has 2 unspecified atom stereocenters. The van der Waals surface area contributed by atoms with Gasteiger partial charge in [0.15, 0.2) is 0 Å². The predicted molar refractivity (Wildman–Crippen MR) is 78.9 cm³/mol. The number of hydrogen-bond donors (Lipinski definition) is 1. The normalized spacial score (nSPS) is 29.8. The maximum atomic E-state index is 3.58. The molecule has 2 aliphatic carbocycles. The van der Waals surface area contributed by atoms with Crippen LogP contribution in [0.2, 0.25) is 0 Å². The van der Waals surface area contributed by atoms with Crippen molar-refractivity contribution in [3.8, 4) is 0 Å². The molecule has 18 heavy (non-hydrogen) atoms. The Kier molecular flexibility index (Phi) is 5.50. The summed E-state index contributed by atoms with van der Waals surface area (Å²) in [5, 5.41) is 3.58. The van der Waals surface area contributed by atoms with Crippen LogP contribution in [0.25, 0.3) is 0 Å². The van der Waals surface area contributed by atoms with Crippen molar-refractivity contribution >= 4 is 0 Å². The van der Waals surface area contributed by atoms with Gasteiger partial charge in [-0.15, -0.1) is 0 Å². The molecule has 2 aliphatic rings. The minimum Gasteiger partial charge on any atom is -0.317 e. The first-order valence-electron chi connectivity index (χ1n) is 8.12. The van der Waals surface area contributed by atoms with Crippen molar-refractivity contribution in [1.29, 1.82) is 0 Å². The second-order valence-electron chi connectivity index (χ2n) is 6.78. The van der Waals surface area contributed by atoms with Crippen LogP contribution in [0.15, 0.2) is 0 Å². The predicted octanol–water partition coefficient (Wildman–Crippen LogP) is 3.28. The largest absolute Gasteiger partial charge is 0.317 e. The third kappa shape index (κ3) is 4.24. The number of nitrogens with one attached hydrogen (secondary N) is 1. The molecule has 0 amide bonds. The topological polar surface area (TPSA) is 15.3 Å². The Morgan fingerprint density at radius 2 is 1.72 bits per heavy atom. The highest BCUT2D eigenvalue weighted by Crippen LogP contribution is 2.32. The SMILES string of the molecule is CNC1CCCCCC1CN(CC1CC1)C(C)C. The van der Waals surface area contributed by atoms with E-state index in [-0.39, 0.29) is 0 Å². The second kappa shape index (κ2) is 6.91. The van der Waals surface area contributed by atoms with Crippen molar-refractivity contribution in [3.05, 3.63) is 0 Å². The maximum absolute atomic E-state index is 3.58. The Hall–Kier alpha value is -0.0800. The molecule has 2 rings (SSSR count). The van der Waals surface area contributed by atoms with Crippen molar-refractivity contribution < 1.29 is 0 Å². The van der Waals surface area contributed by atoms with E-state index >= 15 is 0 Å². The van der Waals surface area contributed by atoms with E-state index < -0.39 is 0 Å². The highest BCUT2D eigenvalue weighted by atomic mass is 15.2. The molecule has 2 saturated carbocycles. The first kappa shape index (κ1) is 14.3. The van der Waals surface area contributed by atoms with E-state index in [1.807, 2.05) is 0 Å². The van der Waals surface area contributed by atoms with Crippen LogP contribution in [-0.4, -0.2) is 37.1 Å². The van der Waals surface area contributed by atoms with Crippen molar-refractivity contribution in [2.45, 2.75) is 70.9 Å². The van der Waals surface area contributed by atoms with Gasteiger partial charge in [-0.1, -0.05) is 19.3 Å². The molecule has 0 saturated heterocycles. The van der Waals surface area contributed by atoms with Gasteiger partial charge >= 0.3 is 0 Å². The van der Waals surface area contributed by atoms with Gasteiger partial charge in [0.1, 0.15) is 0 Å². The fourth-order valence-electron chi connectivity index (χ4n) is 3.41. The summed E-state index contributed by atoms with van der Waals surface area (Å²) >= 11 is 0. The quantitative estimate of drug-likeness (QED) is 0.730. The Bertz CT molecular complexity index is 235. The summed E-state index contributed by atoms with van der Waals surface area (Å²) in [7, 11) is 2.16. The van der Waals surface area contributed by atoms with Crippen LogP contribution >= 0.6 is 0 Å². The summed E-state index contributed by atoms with van der Waals surface area (Å²) in [6.45, 7) is 7.41. The zero-order chi connectivity index (χ0) is 13.0.